The van der Waals surface area contributed by atoms with Gasteiger partial charge in [-0.05, 0) is 53.9 Å². The molecular weight excluding hydrogens is 262 g/mol. The summed E-state index contributed by atoms with van der Waals surface area (Å²) in [6.45, 7) is 1.96. The smallest absolute Gasteiger partial charge is 0.217 e. The number of tetrazole rings is 1. The maximum atomic E-state index is 5.74. The monoisotopic (exact) mass is 277 g/mol. The van der Waals surface area contributed by atoms with Gasteiger partial charge in [0.15, 0.2) is 5.16 Å². The predicted molar refractivity (Wildman–Crippen MR) is 69.6 cm³/mol. The van der Waals surface area contributed by atoms with Crippen LogP contribution >= 0.6 is 11.8 Å². The minimum atomic E-state index is 0.115. The van der Waals surface area contributed by atoms with Crippen LogP contribution in [-0.4, -0.2) is 36.2 Å². The van der Waals surface area contributed by atoms with Gasteiger partial charge in [-0.15, -0.1) is 5.10 Å². The van der Waals surface area contributed by atoms with Crippen molar-refractivity contribution in [2.24, 2.45) is 5.73 Å². The van der Waals surface area contributed by atoms with E-state index in [0.29, 0.717) is 11.2 Å². The topological polar surface area (TPSA) is 95.4 Å². The third-order valence-corrected chi connectivity index (χ3v) is 3.62. The first-order chi connectivity index (χ1) is 9.22. The zero-order valence-corrected chi connectivity index (χ0v) is 11.4. The molecule has 2 heterocycles. The molecule has 1 atom stereocenters. The summed E-state index contributed by atoms with van der Waals surface area (Å²) in [5, 5.41) is 13.1. The van der Waals surface area contributed by atoms with Crippen LogP contribution < -0.4 is 5.73 Å². The van der Waals surface area contributed by atoms with Crippen molar-refractivity contribution in [3.8, 4) is 0 Å². The van der Waals surface area contributed by atoms with Crippen molar-refractivity contribution in [3.05, 3.63) is 18.0 Å². The van der Waals surface area contributed by atoms with E-state index in [1.807, 2.05) is 24.0 Å². The third kappa shape index (κ3) is 3.07. The van der Waals surface area contributed by atoms with Gasteiger partial charge in [-0.3, -0.25) is 0 Å². The number of hydrogen-bond donors (Lipinski definition) is 1. The minimum absolute atomic E-state index is 0.115. The maximum absolute atomic E-state index is 5.74. The van der Waals surface area contributed by atoms with Crippen molar-refractivity contribution in [2.45, 2.75) is 48.6 Å². The maximum Gasteiger partial charge on any atom is 0.217 e. The summed E-state index contributed by atoms with van der Waals surface area (Å²) in [7, 11) is 0. The van der Waals surface area contributed by atoms with Crippen LogP contribution in [0.4, 0.5) is 0 Å². The fourth-order valence-corrected chi connectivity index (χ4v) is 2.49. The van der Waals surface area contributed by atoms with E-state index in [0.717, 1.165) is 30.0 Å². The summed E-state index contributed by atoms with van der Waals surface area (Å²) in [5.41, 5.74) is 6.78. The number of rotatable bonds is 5. The Bertz CT molecular complexity index is 546. The lowest BCUT2D eigenvalue weighted by molar-refractivity contribution is 0.565. The molecule has 8 heteroatoms. The number of nitrogens with zero attached hydrogens (tertiary/aromatic N) is 6. The molecule has 3 rings (SSSR count). The molecule has 0 amide bonds. The van der Waals surface area contributed by atoms with Crippen molar-refractivity contribution in [1.29, 1.82) is 0 Å². The second-order valence-corrected chi connectivity index (χ2v) is 5.73. The molecule has 7 nitrogen and oxygen atoms in total. The van der Waals surface area contributed by atoms with Crippen LogP contribution in [0.1, 0.15) is 31.4 Å². The van der Waals surface area contributed by atoms with Gasteiger partial charge in [0, 0.05) is 18.4 Å². The van der Waals surface area contributed by atoms with E-state index in [9.17, 15) is 0 Å². The van der Waals surface area contributed by atoms with Crippen molar-refractivity contribution in [2.75, 3.05) is 0 Å². The molecule has 0 radical (unpaired) electrons. The molecule has 0 saturated heterocycles. The van der Waals surface area contributed by atoms with Gasteiger partial charge in [-0.1, -0.05) is 0 Å². The van der Waals surface area contributed by atoms with Crippen LogP contribution in [0.5, 0.6) is 0 Å². The highest BCUT2D eigenvalue weighted by molar-refractivity contribution is 7.99. The molecule has 2 aromatic heterocycles. The first-order valence-corrected chi connectivity index (χ1v) is 7.06. The average molecular weight is 277 g/mol. The summed E-state index contributed by atoms with van der Waals surface area (Å²) in [6.07, 6.45) is 6.69. The first kappa shape index (κ1) is 12.5. The van der Waals surface area contributed by atoms with Gasteiger partial charge in [0.2, 0.25) is 5.16 Å². The highest BCUT2D eigenvalue weighted by Gasteiger charge is 2.28. The summed E-state index contributed by atoms with van der Waals surface area (Å²) < 4.78 is 1.85. The van der Waals surface area contributed by atoms with Gasteiger partial charge in [0.25, 0.3) is 0 Å². The largest absolute Gasteiger partial charge is 0.328 e. The molecule has 2 N–H and O–H groups in total. The summed E-state index contributed by atoms with van der Waals surface area (Å²) in [6, 6.07) is 0.569. The molecule has 0 aromatic carbocycles. The molecule has 1 aliphatic rings. The lowest BCUT2D eigenvalue weighted by Gasteiger charge is -2.05. The molecule has 100 valence electrons. The van der Waals surface area contributed by atoms with Crippen LogP contribution in [0.15, 0.2) is 22.7 Å². The van der Waals surface area contributed by atoms with Gasteiger partial charge in [-0.25, -0.2) is 14.6 Å². The van der Waals surface area contributed by atoms with E-state index in [-0.39, 0.29) is 6.04 Å². The fourth-order valence-electron chi connectivity index (χ4n) is 1.76. The molecular formula is C11H15N7S. The summed E-state index contributed by atoms with van der Waals surface area (Å²) in [5.74, 6) is 0. The number of nitrogens with two attached hydrogens (primary N) is 1. The zero-order chi connectivity index (χ0) is 13.2. The Morgan fingerprint density at radius 2 is 2.16 bits per heavy atom. The Hall–Kier alpha value is -1.54. The molecule has 1 saturated carbocycles. The highest BCUT2D eigenvalue weighted by atomic mass is 32.2. The second-order valence-electron chi connectivity index (χ2n) is 4.79. The Morgan fingerprint density at radius 1 is 1.42 bits per heavy atom. The van der Waals surface area contributed by atoms with Gasteiger partial charge in [-0.2, -0.15) is 0 Å². The van der Waals surface area contributed by atoms with Crippen molar-refractivity contribution >= 4 is 11.8 Å². The Balaban J connectivity index is 1.70. The predicted octanol–water partition coefficient (Wildman–Crippen LogP) is 0.839. The normalized spacial score (nSPS) is 16.5. The molecule has 2 aromatic rings. The van der Waals surface area contributed by atoms with Gasteiger partial charge in [0.05, 0.1) is 6.04 Å². The van der Waals surface area contributed by atoms with E-state index in [4.69, 9.17) is 5.73 Å². The minimum Gasteiger partial charge on any atom is -0.328 e. The molecule has 1 aliphatic carbocycles. The lowest BCUT2D eigenvalue weighted by atomic mass is 10.1. The van der Waals surface area contributed by atoms with Crippen LogP contribution in [0.2, 0.25) is 0 Å². The second kappa shape index (κ2) is 5.22. The van der Waals surface area contributed by atoms with E-state index < -0.39 is 0 Å². The quantitative estimate of drug-likeness (QED) is 0.809. The molecule has 0 aliphatic heterocycles. The van der Waals surface area contributed by atoms with E-state index in [1.165, 1.54) is 11.8 Å². The van der Waals surface area contributed by atoms with Crippen LogP contribution in [0.3, 0.4) is 0 Å². The first-order valence-electron chi connectivity index (χ1n) is 6.24. The Kier molecular flexibility index (Phi) is 3.43. The van der Waals surface area contributed by atoms with Crippen molar-refractivity contribution in [3.63, 3.8) is 0 Å². The third-order valence-electron chi connectivity index (χ3n) is 2.78. The Morgan fingerprint density at radius 3 is 2.79 bits per heavy atom. The van der Waals surface area contributed by atoms with Gasteiger partial charge in [0.1, 0.15) is 0 Å². The number of aromatic nitrogens is 6. The SMILES string of the molecule is CC(N)Cc1cnc(Sc2nnnn2C2CC2)nc1. The molecule has 0 spiro atoms. The lowest BCUT2D eigenvalue weighted by Crippen LogP contribution is -2.18. The molecule has 0 bridgehead atoms. The van der Waals surface area contributed by atoms with Gasteiger partial charge >= 0.3 is 0 Å². The summed E-state index contributed by atoms with van der Waals surface area (Å²) >= 11 is 1.39. The van der Waals surface area contributed by atoms with Crippen LogP contribution in [0, 0.1) is 0 Å². The zero-order valence-electron chi connectivity index (χ0n) is 10.6. The van der Waals surface area contributed by atoms with E-state index >= 15 is 0 Å². The van der Waals surface area contributed by atoms with Crippen LogP contribution in [-0.2, 0) is 6.42 Å². The van der Waals surface area contributed by atoms with E-state index in [2.05, 4.69) is 25.5 Å². The van der Waals surface area contributed by atoms with Crippen LogP contribution in [0.25, 0.3) is 0 Å². The fraction of sp³-hybridized carbons (Fsp3) is 0.545. The molecule has 1 unspecified atom stereocenters. The molecule has 19 heavy (non-hydrogen) atoms. The van der Waals surface area contributed by atoms with Gasteiger partial charge < -0.3 is 5.73 Å². The number of hydrogen-bond acceptors (Lipinski definition) is 7. The molecule has 1 fully saturated rings. The van der Waals surface area contributed by atoms with Crippen molar-refractivity contribution in [1.82, 2.24) is 30.2 Å². The summed E-state index contributed by atoms with van der Waals surface area (Å²) in [4.78, 5) is 8.63. The highest BCUT2D eigenvalue weighted by Crippen LogP contribution is 2.37. The Labute approximate surface area is 115 Å². The van der Waals surface area contributed by atoms with Crippen molar-refractivity contribution < 1.29 is 0 Å². The average Bonchev–Trinajstić information content (AvgIpc) is 3.12. The standard InChI is InChI=1S/C11H15N7S/c1-7(12)4-8-5-13-10(14-6-8)19-11-15-16-17-18(11)9-2-3-9/h5-7,9H,2-4,12H2,1H3. The van der Waals surface area contributed by atoms with E-state index in [1.54, 1.807) is 0 Å².